The van der Waals surface area contributed by atoms with Gasteiger partial charge in [0.15, 0.2) is 5.82 Å². The molecule has 0 bridgehead atoms. The van der Waals surface area contributed by atoms with E-state index >= 15 is 0 Å². The molecule has 30 heavy (non-hydrogen) atoms. The second kappa shape index (κ2) is 8.26. The van der Waals surface area contributed by atoms with E-state index < -0.39 is 11.9 Å². The number of amides is 1. The van der Waals surface area contributed by atoms with E-state index in [1.54, 1.807) is 22.9 Å². The minimum absolute atomic E-state index is 0.0275. The van der Waals surface area contributed by atoms with Gasteiger partial charge >= 0.3 is 0 Å². The molecule has 0 aliphatic heterocycles. The molecule has 1 unspecified atom stereocenters. The van der Waals surface area contributed by atoms with Crippen LogP contribution in [0, 0.1) is 12.8 Å². The van der Waals surface area contributed by atoms with Gasteiger partial charge in [-0.25, -0.2) is 0 Å². The van der Waals surface area contributed by atoms with Crippen LogP contribution in [0.4, 0.5) is 0 Å². The maximum absolute atomic E-state index is 13.0. The molecule has 1 saturated carbocycles. The van der Waals surface area contributed by atoms with Crippen molar-refractivity contribution < 1.29 is 9.32 Å². The van der Waals surface area contributed by atoms with E-state index in [0.717, 1.165) is 24.0 Å². The number of benzene rings is 1. The molecule has 0 radical (unpaired) electrons. The molecule has 1 aromatic carbocycles. The van der Waals surface area contributed by atoms with Gasteiger partial charge in [-0.05, 0) is 43.4 Å². The quantitative estimate of drug-likeness (QED) is 0.648. The number of rotatable bonds is 7. The lowest BCUT2D eigenvalue weighted by Crippen LogP contribution is -2.37. The fourth-order valence-electron chi connectivity index (χ4n) is 3.45. The number of aryl methyl sites for hydroxylation is 1. The highest BCUT2D eigenvalue weighted by molar-refractivity contribution is 5.94. The van der Waals surface area contributed by atoms with E-state index in [1.807, 2.05) is 45.0 Å². The van der Waals surface area contributed by atoms with Gasteiger partial charge in [-0.15, -0.1) is 0 Å². The molecule has 1 N–H and O–H groups in total. The summed E-state index contributed by atoms with van der Waals surface area (Å²) in [4.78, 5) is 30.4. The Bertz CT molecular complexity index is 1110. The van der Waals surface area contributed by atoms with Gasteiger partial charge < -0.3 is 14.4 Å². The van der Waals surface area contributed by atoms with Crippen LogP contribution in [0.25, 0.3) is 0 Å². The predicted molar refractivity (Wildman–Crippen MR) is 112 cm³/mol. The predicted octanol–water partition coefficient (Wildman–Crippen LogP) is 3.59. The van der Waals surface area contributed by atoms with Gasteiger partial charge in [-0.2, -0.15) is 4.98 Å². The Kier molecular flexibility index (Phi) is 5.53. The molecular formula is C23H26N4O3. The van der Waals surface area contributed by atoms with E-state index in [0.29, 0.717) is 24.2 Å². The Balaban J connectivity index is 1.55. The minimum atomic E-state index is -0.456. The van der Waals surface area contributed by atoms with Crippen molar-refractivity contribution in [2.45, 2.75) is 52.1 Å². The van der Waals surface area contributed by atoms with E-state index in [9.17, 15) is 9.59 Å². The van der Waals surface area contributed by atoms with Crippen molar-refractivity contribution in [2.75, 3.05) is 0 Å². The molecule has 3 aromatic rings. The molecule has 7 heteroatoms. The van der Waals surface area contributed by atoms with Gasteiger partial charge in [0.1, 0.15) is 11.6 Å². The Morgan fingerprint density at radius 2 is 2.07 bits per heavy atom. The van der Waals surface area contributed by atoms with Crippen molar-refractivity contribution >= 4 is 5.91 Å². The van der Waals surface area contributed by atoms with Gasteiger partial charge in [-0.1, -0.05) is 48.8 Å². The molecule has 1 fully saturated rings. The van der Waals surface area contributed by atoms with Crippen LogP contribution >= 0.6 is 0 Å². The zero-order valence-corrected chi connectivity index (χ0v) is 17.5. The molecular weight excluding hydrogens is 380 g/mol. The fraction of sp³-hybridized carbons (Fsp3) is 0.391. The molecule has 1 amide bonds. The first-order valence-electron chi connectivity index (χ1n) is 10.3. The highest BCUT2D eigenvalue weighted by Gasteiger charge is 2.32. The van der Waals surface area contributed by atoms with Crippen molar-refractivity contribution in [3.8, 4) is 0 Å². The van der Waals surface area contributed by atoms with Gasteiger partial charge in [-0.3, -0.25) is 9.59 Å². The first-order chi connectivity index (χ1) is 14.4. The zero-order chi connectivity index (χ0) is 21.3. The summed E-state index contributed by atoms with van der Waals surface area (Å²) in [5.41, 5.74) is 1.90. The Morgan fingerprint density at radius 3 is 2.77 bits per heavy atom. The smallest absolute Gasteiger partial charge is 0.263 e. The van der Waals surface area contributed by atoms with Gasteiger partial charge in [0, 0.05) is 12.1 Å². The van der Waals surface area contributed by atoms with Crippen LogP contribution in [0.3, 0.4) is 0 Å². The number of hydrogen-bond donors (Lipinski definition) is 1. The summed E-state index contributed by atoms with van der Waals surface area (Å²) in [7, 11) is 0. The largest absolute Gasteiger partial charge is 0.340 e. The topological polar surface area (TPSA) is 90.0 Å². The highest BCUT2D eigenvalue weighted by atomic mass is 16.5. The number of aromatic nitrogens is 3. The van der Waals surface area contributed by atoms with Gasteiger partial charge in [0.2, 0.25) is 5.89 Å². The lowest BCUT2D eigenvalue weighted by molar-refractivity contribution is 0.0911. The average molecular weight is 406 g/mol. The number of nitrogens with one attached hydrogen (secondary N) is 1. The highest BCUT2D eigenvalue weighted by Crippen LogP contribution is 2.38. The van der Waals surface area contributed by atoms with E-state index in [1.165, 1.54) is 0 Å². The summed E-state index contributed by atoms with van der Waals surface area (Å²) in [5, 5.41) is 6.96. The van der Waals surface area contributed by atoms with Crippen LogP contribution in [0.5, 0.6) is 0 Å². The first kappa shape index (κ1) is 20.1. The van der Waals surface area contributed by atoms with Crippen LogP contribution in [-0.4, -0.2) is 20.6 Å². The van der Waals surface area contributed by atoms with Crippen molar-refractivity contribution in [1.29, 1.82) is 0 Å². The maximum atomic E-state index is 13.0. The van der Waals surface area contributed by atoms with E-state index in [2.05, 4.69) is 15.5 Å². The fourth-order valence-corrected chi connectivity index (χ4v) is 3.45. The monoisotopic (exact) mass is 406 g/mol. The molecule has 0 saturated heterocycles. The Morgan fingerprint density at radius 1 is 1.27 bits per heavy atom. The summed E-state index contributed by atoms with van der Waals surface area (Å²) in [6.45, 7) is 6.35. The molecule has 1 atom stereocenters. The normalized spacial score (nSPS) is 14.7. The summed E-state index contributed by atoms with van der Waals surface area (Å²) < 4.78 is 6.96. The second-order valence-electron chi connectivity index (χ2n) is 8.30. The Labute approximate surface area is 175 Å². The molecule has 4 rings (SSSR count). The van der Waals surface area contributed by atoms with Gasteiger partial charge in [0.05, 0.1) is 6.54 Å². The summed E-state index contributed by atoms with van der Waals surface area (Å²) in [5.74, 6) is 1.04. The van der Waals surface area contributed by atoms with Crippen molar-refractivity contribution in [3.63, 3.8) is 0 Å². The second-order valence-corrected chi connectivity index (χ2v) is 8.30. The molecule has 2 heterocycles. The number of carbonyl (C=O) groups excluding carboxylic acids is 1. The number of hydrogen-bond acceptors (Lipinski definition) is 5. The molecule has 7 nitrogen and oxygen atoms in total. The van der Waals surface area contributed by atoms with Gasteiger partial charge in [0.25, 0.3) is 11.5 Å². The lowest BCUT2D eigenvalue weighted by atomic mass is 10.0. The lowest BCUT2D eigenvalue weighted by Gasteiger charge is -2.18. The minimum Gasteiger partial charge on any atom is -0.340 e. The molecule has 0 spiro atoms. The molecule has 156 valence electrons. The summed E-state index contributed by atoms with van der Waals surface area (Å²) >= 11 is 0. The zero-order valence-electron chi connectivity index (χ0n) is 17.5. The SMILES string of the molecule is Cc1cccc(Cn2cccc(C(=O)NC(c3nc(C4CC4)no3)C(C)C)c2=O)c1. The third kappa shape index (κ3) is 4.35. The number of pyridine rings is 1. The van der Waals surface area contributed by atoms with Crippen molar-refractivity contribution in [2.24, 2.45) is 5.92 Å². The molecule has 2 aromatic heterocycles. The van der Waals surface area contributed by atoms with Crippen LogP contribution in [0.15, 0.2) is 51.9 Å². The van der Waals surface area contributed by atoms with E-state index in [-0.39, 0.29) is 17.0 Å². The summed E-state index contributed by atoms with van der Waals surface area (Å²) in [6.07, 6.45) is 3.84. The third-order valence-electron chi connectivity index (χ3n) is 5.32. The van der Waals surface area contributed by atoms with Crippen molar-refractivity contribution in [1.82, 2.24) is 20.0 Å². The van der Waals surface area contributed by atoms with Crippen LogP contribution in [0.1, 0.15) is 71.8 Å². The number of carbonyl (C=O) groups is 1. The first-order valence-corrected chi connectivity index (χ1v) is 10.3. The summed E-state index contributed by atoms with van der Waals surface area (Å²) in [6, 6.07) is 10.8. The average Bonchev–Trinajstić information content (AvgIpc) is 3.45. The van der Waals surface area contributed by atoms with Crippen LogP contribution in [-0.2, 0) is 6.54 Å². The number of nitrogens with zero attached hydrogens (tertiary/aromatic N) is 3. The third-order valence-corrected chi connectivity index (χ3v) is 5.32. The molecule has 1 aliphatic carbocycles. The maximum Gasteiger partial charge on any atom is 0.263 e. The molecule has 1 aliphatic rings. The van der Waals surface area contributed by atoms with Crippen LogP contribution in [0.2, 0.25) is 0 Å². The van der Waals surface area contributed by atoms with Crippen LogP contribution < -0.4 is 10.9 Å². The Hall–Kier alpha value is -3.22. The van der Waals surface area contributed by atoms with E-state index in [4.69, 9.17) is 4.52 Å². The standard InChI is InChI=1S/C23H26N4O3/c1-14(2)19(22-25-20(26-30-22)17-9-10-17)24-21(28)18-8-5-11-27(23(18)29)13-16-7-4-6-15(3)12-16/h4-8,11-12,14,17,19H,9-10,13H2,1-3H3,(H,24,28). The van der Waals surface area contributed by atoms with Crippen molar-refractivity contribution in [3.05, 3.63) is 81.4 Å².